The highest BCUT2D eigenvalue weighted by Gasteiger charge is 2.41. The van der Waals surface area contributed by atoms with Crippen LogP contribution in [0.2, 0.25) is 0 Å². The molecule has 1 aliphatic rings. The summed E-state index contributed by atoms with van der Waals surface area (Å²) in [6.07, 6.45) is -0.646. The molecule has 0 unspecified atom stereocenters. The van der Waals surface area contributed by atoms with Crippen LogP contribution >= 0.6 is 0 Å². The van der Waals surface area contributed by atoms with Crippen LogP contribution in [0, 0.1) is 0 Å². The molecule has 1 aliphatic heterocycles. The number of hydrogen-bond acceptors (Lipinski definition) is 6. The lowest BCUT2D eigenvalue weighted by Gasteiger charge is -2.31. The van der Waals surface area contributed by atoms with Crippen molar-refractivity contribution in [1.82, 2.24) is 16.0 Å². The van der Waals surface area contributed by atoms with Crippen molar-refractivity contribution in [1.29, 1.82) is 0 Å². The topological polar surface area (TPSA) is 103 Å². The van der Waals surface area contributed by atoms with Crippen molar-refractivity contribution in [2.45, 2.75) is 12.7 Å². The quantitative estimate of drug-likeness (QED) is 0.534. The molecule has 0 saturated carbocycles. The summed E-state index contributed by atoms with van der Waals surface area (Å²) in [5, 5.41) is 28.5. The van der Waals surface area contributed by atoms with E-state index in [0.29, 0.717) is 13.1 Å². The lowest BCUT2D eigenvalue weighted by molar-refractivity contribution is 0.128. The van der Waals surface area contributed by atoms with Crippen molar-refractivity contribution in [2.75, 3.05) is 19.7 Å². The second-order valence-electron chi connectivity index (χ2n) is 4.12. The second-order valence-corrected chi connectivity index (χ2v) is 4.12. The molecule has 1 aromatic carbocycles. The summed E-state index contributed by atoms with van der Waals surface area (Å²) in [5.74, 6) is -1.49. The van der Waals surface area contributed by atoms with Crippen molar-refractivity contribution >= 4 is 6.09 Å². The molecule has 0 bridgehead atoms. The Kier molecular flexibility index (Phi) is 3.77. The normalized spacial score (nSPS) is 17.1. The molecular weight excluding hydrogens is 250 g/mol. The van der Waals surface area contributed by atoms with E-state index in [0.717, 1.165) is 0 Å². The lowest BCUT2D eigenvalue weighted by Crippen LogP contribution is -2.59. The highest BCUT2D eigenvalue weighted by molar-refractivity contribution is 5.69. The molecule has 2 rings (SSSR count). The molecule has 1 saturated heterocycles. The summed E-state index contributed by atoms with van der Waals surface area (Å²) >= 11 is 0. The van der Waals surface area contributed by atoms with Gasteiger partial charge in [-0.2, -0.15) is 0 Å². The van der Waals surface area contributed by atoms with Crippen LogP contribution in [-0.2, 0) is 10.5 Å². The summed E-state index contributed by atoms with van der Waals surface area (Å²) < 4.78 is 4.84. The van der Waals surface area contributed by atoms with Crippen molar-refractivity contribution in [3.05, 3.63) is 23.8 Å². The first-order valence-corrected chi connectivity index (χ1v) is 6.05. The van der Waals surface area contributed by atoms with Gasteiger partial charge >= 0.3 is 6.09 Å². The predicted molar refractivity (Wildman–Crippen MR) is 67.6 cm³/mol. The van der Waals surface area contributed by atoms with E-state index in [4.69, 9.17) is 4.74 Å². The maximum atomic E-state index is 11.6. The molecule has 0 radical (unpaired) electrons. The van der Waals surface area contributed by atoms with Gasteiger partial charge in [-0.1, -0.05) is 6.07 Å². The van der Waals surface area contributed by atoms with Crippen LogP contribution in [0.25, 0.3) is 0 Å². The Morgan fingerprint density at radius 2 is 1.95 bits per heavy atom. The van der Waals surface area contributed by atoms with Crippen LogP contribution in [0.15, 0.2) is 18.2 Å². The van der Waals surface area contributed by atoms with E-state index in [1.165, 1.54) is 18.2 Å². The van der Waals surface area contributed by atoms with Crippen molar-refractivity contribution in [3.8, 4) is 11.5 Å². The van der Waals surface area contributed by atoms with Crippen LogP contribution in [0.4, 0.5) is 4.79 Å². The van der Waals surface area contributed by atoms with E-state index in [-0.39, 0.29) is 23.7 Å². The number of rotatable bonds is 3. The van der Waals surface area contributed by atoms with Gasteiger partial charge in [0.25, 0.3) is 0 Å². The lowest BCUT2D eigenvalue weighted by atomic mass is 10.1. The minimum absolute atomic E-state index is 0.126. The van der Waals surface area contributed by atoms with Crippen LogP contribution in [0.5, 0.6) is 11.5 Å². The van der Waals surface area contributed by atoms with Gasteiger partial charge in [-0.15, -0.1) is 0 Å². The van der Waals surface area contributed by atoms with Gasteiger partial charge in [0, 0.05) is 13.1 Å². The predicted octanol–water partition coefficient (Wildman–Crippen LogP) is 0.147. The van der Waals surface area contributed by atoms with E-state index < -0.39 is 11.9 Å². The zero-order chi connectivity index (χ0) is 13.9. The summed E-state index contributed by atoms with van der Waals surface area (Å²) in [6, 6.07) is 4.39. The van der Waals surface area contributed by atoms with E-state index in [1.807, 2.05) is 0 Å². The molecule has 1 fully saturated rings. The molecule has 7 heteroatoms. The molecule has 19 heavy (non-hydrogen) atoms. The fraction of sp³-hybridized carbons (Fsp3) is 0.417. The third kappa shape index (κ3) is 2.56. The summed E-state index contributed by atoms with van der Waals surface area (Å²) in [7, 11) is 0. The van der Waals surface area contributed by atoms with Crippen LogP contribution < -0.4 is 16.0 Å². The second kappa shape index (κ2) is 5.33. The van der Waals surface area contributed by atoms with Crippen molar-refractivity contribution in [2.24, 2.45) is 0 Å². The molecule has 0 atom stereocenters. The molecular formula is C12H17N3O4. The Labute approximate surface area is 110 Å². The average Bonchev–Trinajstić information content (AvgIpc) is 2.78. The number of amides is 1. The number of carbonyl (C=O) groups excluding carboxylic acids is 1. The standard InChI is InChI=1S/C12H17N3O4/c1-2-19-11(18)15-12(13-6-7-14-12)10-8(16)4-3-5-9(10)17/h3-5,13-14,16-17H,2,6-7H2,1H3,(H,15,18). The number of ether oxygens (including phenoxy) is 1. The first-order valence-electron chi connectivity index (χ1n) is 6.05. The molecule has 7 nitrogen and oxygen atoms in total. The van der Waals surface area contributed by atoms with E-state index in [2.05, 4.69) is 16.0 Å². The Balaban J connectivity index is 2.36. The van der Waals surface area contributed by atoms with Crippen molar-refractivity contribution in [3.63, 3.8) is 0 Å². The molecule has 5 N–H and O–H groups in total. The molecule has 0 aromatic heterocycles. The molecule has 1 heterocycles. The maximum absolute atomic E-state index is 11.6. The largest absolute Gasteiger partial charge is 0.507 e. The van der Waals surface area contributed by atoms with Crippen molar-refractivity contribution < 1.29 is 19.7 Å². The smallest absolute Gasteiger partial charge is 0.409 e. The maximum Gasteiger partial charge on any atom is 0.409 e. The number of phenols is 2. The van der Waals surface area contributed by atoms with Crippen LogP contribution in [0.1, 0.15) is 12.5 Å². The minimum atomic E-state index is -1.23. The van der Waals surface area contributed by atoms with E-state index in [1.54, 1.807) is 6.92 Å². The molecule has 104 valence electrons. The van der Waals surface area contributed by atoms with E-state index >= 15 is 0 Å². The minimum Gasteiger partial charge on any atom is -0.507 e. The zero-order valence-corrected chi connectivity index (χ0v) is 10.6. The number of carbonyl (C=O) groups is 1. The molecule has 1 aromatic rings. The first-order chi connectivity index (χ1) is 9.09. The fourth-order valence-electron chi connectivity index (χ4n) is 2.12. The highest BCUT2D eigenvalue weighted by Crippen LogP contribution is 2.34. The molecule has 0 aliphatic carbocycles. The number of alkyl carbamates (subject to hydrolysis) is 1. The highest BCUT2D eigenvalue weighted by atomic mass is 16.5. The van der Waals surface area contributed by atoms with Gasteiger partial charge in [0.2, 0.25) is 0 Å². The Morgan fingerprint density at radius 3 is 2.47 bits per heavy atom. The van der Waals surface area contributed by atoms with Gasteiger partial charge < -0.3 is 14.9 Å². The Morgan fingerprint density at radius 1 is 1.37 bits per heavy atom. The third-order valence-corrected chi connectivity index (χ3v) is 2.87. The number of aromatic hydroxyl groups is 2. The van der Waals surface area contributed by atoms with Gasteiger partial charge in [0.1, 0.15) is 11.5 Å². The monoisotopic (exact) mass is 267 g/mol. The van der Waals surface area contributed by atoms with Gasteiger partial charge in [0.15, 0.2) is 5.79 Å². The number of hydrogen-bond donors (Lipinski definition) is 5. The number of nitrogens with one attached hydrogen (secondary N) is 3. The summed E-state index contributed by atoms with van der Waals surface area (Å²) in [6.45, 7) is 3.06. The van der Waals surface area contributed by atoms with Gasteiger partial charge in [-0.25, -0.2) is 4.79 Å². The fourth-order valence-corrected chi connectivity index (χ4v) is 2.12. The number of benzene rings is 1. The molecule has 1 amide bonds. The first kappa shape index (κ1) is 13.4. The third-order valence-electron chi connectivity index (χ3n) is 2.87. The average molecular weight is 267 g/mol. The Bertz CT molecular complexity index is 452. The van der Waals surface area contributed by atoms with Crippen LogP contribution in [-0.4, -0.2) is 36.0 Å². The molecule has 0 spiro atoms. The van der Waals surface area contributed by atoms with Crippen LogP contribution in [0.3, 0.4) is 0 Å². The summed E-state index contributed by atoms with van der Waals surface area (Å²) in [5.41, 5.74) is 0.167. The summed E-state index contributed by atoms with van der Waals surface area (Å²) in [4.78, 5) is 11.6. The van der Waals surface area contributed by atoms with Gasteiger partial charge in [-0.3, -0.25) is 16.0 Å². The van der Waals surface area contributed by atoms with E-state index in [9.17, 15) is 15.0 Å². The van der Waals surface area contributed by atoms with Gasteiger partial charge in [-0.05, 0) is 19.1 Å². The zero-order valence-electron chi connectivity index (χ0n) is 10.6. The number of phenolic OH excluding ortho intramolecular Hbond substituents is 2. The van der Waals surface area contributed by atoms with Gasteiger partial charge in [0.05, 0.1) is 12.2 Å². The Hall–Kier alpha value is -1.99. The SMILES string of the molecule is CCOC(=O)NC1(c2c(O)cccc2O)NCCN1.